The Morgan fingerprint density at radius 1 is 0.901 bits per heavy atom. The van der Waals surface area contributed by atoms with Crippen molar-refractivity contribution in [2.45, 2.75) is 206 Å². The Morgan fingerprint density at radius 3 is 2.57 bits per heavy atom. The average Bonchev–Trinajstić information content (AvgIpc) is 1.45. The maximum absolute atomic E-state index is 14.0. The average molecular weight is 1290 g/mol. The Bertz CT molecular complexity index is 3430. The smallest absolute Gasteiger partial charge is 0.306 e. The molecule has 7 aliphatic carbocycles. The van der Waals surface area contributed by atoms with Gasteiger partial charge in [-0.05, 0) is 198 Å². The second kappa shape index (κ2) is 24.8. The van der Waals surface area contributed by atoms with Crippen molar-refractivity contribution in [1.29, 1.82) is 0 Å². The highest BCUT2D eigenvalue weighted by Gasteiger charge is 2.78. The summed E-state index contributed by atoms with van der Waals surface area (Å²) in [6.45, 7) is 4.21. The first-order chi connectivity index (χ1) is 43.8. The number of hydrogen-bond donors (Lipinski definition) is 10. The normalized spacial score (nSPS) is 42.9. The van der Waals surface area contributed by atoms with Crippen LogP contribution in [0.25, 0.3) is 21.7 Å². The molecule has 1 aromatic heterocycles. The summed E-state index contributed by atoms with van der Waals surface area (Å²) in [5, 5.41) is 113. The van der Waals surface area contributed by atoms with E-state index in [1.807, 2.05) is 35.1 Å². The maximum Gasteiger partial charge on any atom is 0.306 e. The second-order valence-corrected chi connectivity index (χ2v) is 32.5. The number of aryl methyl sites for hydroxylation is 1. The first-order valence-electron chi connectivity index (χ1n) is 34.3. The summed E-state index contributed by atoms with van der Waals surface area (Å²) in [6.07, 6.45) is 17.3. The molecule has 3 aliphatic heterocycles. The van der Waals surface area contributed by atoms with Crippen molar-refractivity contribution in [3.05, 3.63) is 108 Å². The number of aliphatic hydroxyl groups is 8. The van der Waals surface area contributed by atoms with Gasteiger partial charge in [0, 0.05) is 70.7 Å². The van der Waals surface area contributed by atoms with Gasteiger partial charge in [-0.25, -0.2) is 0 Å². The molecule has 16 nitrogen and oxygen atoms in total. The lowest BCUT2D eigenvalue weighted by molar-refractivity contribution is -0.424. The quantitative estimate of drug-likeness (QED) is 0.0403. The molecule has 0 radical (unpaired) electrons. The number of rotatable bonds is 10. The molecule has 21 unspecified atom stereocenters. The number of benzene rings is 3. The van der Waals surface area contributed by atoms with E-state index in [0.29, 0.717) is 66.6 Å². The molecule has 18 heteroatoms. The van der Waals surface area contributed by atoms with E-state index in [2.05, 4.69) is 73.1 Å². The zero-order valence-electron chi connectivity index (χ0n) is 53.1. The van der Waals surface area contributed by atoms with Crippen molar-refractivity contribution in [3.8, 4) is 11.5 Å². The topological polar surface area (TPSA) is 253 Å². The number of esters is 1. The number of carbonyl (C=O) groups excluding carboxylic acids is 1. The number of allylic oxidation sites excluding steroid dienone is 4. The lowest BCUT2D eigenvalue weighted by atomic mass is 9.50. The van der Waals surface area contributed by atoms with Crippen LogP contribution in [0.3, 0.4) is 0 Å². The van der Waals surface area contributed by atoms with E-state index in [1.165, 1.54) is 6.42 Å². The van der Waals surface area contributed by atoms with Gasteiger partial charge in [-0.1, -0.05) is 102 Å². The summed E-state index contributed by atoms with van der Waals surface area (Å²) in [4.78, 5) is 13.2. The lowest BCUT2D eigenvalue weighted by Crippen LogP contribution is -2.86. The van der Waals surface area contributed by atoms with E-state index < -0.39 is 87.5 Å². The standard InChI is InChI=1S/C73H96N2O14S2/c1-4-85-60(80)21-17-47-35-48-24-32-86-62(48)64-63(47)88-66-73(84)61-50(16-19-56(78)53(61)40-76)38-71(83,65(73)81)72(89-66)42-90-91-70(58(75-31-33-87-64)20-12-43(2)8-7-11-59(72)79)30-28-68(37-49-15-18-55(74-3)52(49)39-68)57(70)23-26-69(82)29-27-67(41-69)25-22-51(77)36-54(67)46-14-13-44-9-5-6-10-45(44)34-46/h5-6,9-10,13-14,16,19,22,24-25,32,34-36,43,49-50,52-59,61,65-66,74-79,81-84H,4,7-8,11-12,15,17-18,20-21,23,26-31,33,37-42H2,1-3H3. The number of furan rings is 1. The molecule has 4 spiro atoms. The minimum atomic E-state index is -2.53. The Morgan fingerprint density at radius 2 is 1.75 bits per heavy atom. The summed E-state index contributed by atoms with van der Waals surface area (Å²) in [6, 6.07) is 19.0. The van der Waals surface area contributed by atoms with Crippen molar-refractivity contribution in [3.63, 3.8) is 0 Å². The number of carbonyl (C=O) groups is 1. The molecule has 7 fully saturated rings. The van der Waals surface area contributed by atoms with Crippen molar-refractivity contribution in [2.24, 2.45) is 52.3 Å². The van der Waals surface area contributed by atoms with Gasteiger partial charge in [-0.15, -0.1) is 0 Å². The largest absolute Gasteiger partial charge is 0.508 e. The highest BCUT2D eigenvalue weighted by molar-refractivity contribution is 8.77. The fourth-order valence-electron chi connectivity index (χ4n) is 20.7. The Hall–Kier alpha value is -4.15. The SMILES string of the molecule is CCOC(=O)CCc1cc2ccoc2c2c1OC1OC3(CSSC4(CCC5(CC6CCC(NC)C6C5)C4CCC4(O)CCC5(C=CC(O)=CC5c5ccc6ccccc6c5)C4)C(CCC(C)CCCC3O)NCCO2)C2(O)CC3C=CC(O)C(CO)C3C1(O)C2O. The number of nitrogens with one attached hydrogen (secondary N) is 2. The van der Waals surface area contributed by atoms with Crippen molar-refractivity contribution in [1.82, 2.24) is 10.6 Å². The zero-order chi connectivity index (χ0) is 63.3. The van der Waals surface area contributed by atoms with Crippen LogP contribution >= 0.6 is 21.6 Å². The van der Waals surface area contributed by atoms with Crippen LogP contribution in [0.4, 0.5) is 0 Å². The molecule has 4 aromatic rings. The maximum atomic E-state index is 14.0. The van der Waals surface area contributed by atoms with Crippen LogP contribution in [0, 0.1) is 52.3 Å². The van der Waals surface area contributed by atoms with Crippen molar-refractivity contribution >= 4 is 49.3 Å². The van der Waals surface area contributed by atoms with Crippen LogP contribution in [0.2, 0.25) is 0 Å². The third kappa shape index (κ3) is 10.8. The van der Waals surface area contributed by atoms with Gasteiger partial charge in [-0.3, -0.25) is 4.79 Å². The fourth-order valence-corrected chi connectivity index (χ4v) is 25.0. The third-order valence-corrected chi connectivity index (χ3v) is 28.5. The molecule has 10 N–H and O–H groups in total. The van der Waals surface area contributed by atoms with Gasteiger partial charge in [0.15, 0.2) is 16.9 Å². The summed E-state index contributed by atoms with van der Waals surface area (Å²) in [5.41, 5.74) is -6.39. The summed E-state index contributed by atoms with van der Waals surface area (Å²) < 4.78 is 32.9. The van der Waals surface area contributed by atoms with Gasteiger partial charge < -0.3 is 74.9 Å². The molecule has 4 heterocycles. The third-order valence-electron chi connectivity index (χ3n) is 25.1. The van der Waals surface area contributed by atoms with Gasteiger partial charge in [0.25, 0.3) is 0 Å². The van der Waals surface area contributed by atoms with Gasteiger partial charge in [0.05, 0.1) is 30.7 Å². The van der Waals surface area contributed by atoms with Crippen molar-refractivity contribution < 1.29 is 69.0 Å². The minimum absolute atomic E-state index is 0.0298. The molecule has 14 rings (SSSR count). The number of fused-ring (bicyclic) bond motifs is 13. The van der Waals surface area contributed by atoms with E-state index in [1.54, 1.807) is 36.1 Å². The summed E-state index contributed by atoms with van der Waals surface area (Å²) in [5.74, 6) is -1.54. The monoisotopic (exact) mass is 1290 g/mol. The highest BCUT2D eigenvalue weighted by atomic mass is 33.1. The molecule has 3 aromatic carbocycles. The van der Waals surface area contributed by atoms with E-state index in [4.69, 9.17) is 23.4 Å². The van der Waals surface area contributed by atoms with Crippen molar-refractivity contribution in [2.75, 3.05) is 39.2 Å². The van der Waals surface area contributed by atoms with E-state index in [0.717, 1.165) is 80.5 Å². The van der Waals surface area contributed by atoms with Crippen LogP contribution in [0.5, 0.6) is 11.5 Å². The highest BCUT2D eigenvalue weighted by Crippen LogP contribution is 2.72. The van der Waals surface area contributed by atoms with Gasteiger partial charge in [0.2, 0.25) is 12.0 Å². The van der Waals surface area contributed by atoms with E-state index in [-0.39, 0.29) is 91.1 Å². The number of aliphatic hydroxyl groups excluding tert-OH is 5. The van der Waals surface area contributed by atoms with Crippen LogP contribution in [-0.4, -0.2) is 150 Å². The Balaban J connectivity index is 0.896. The van der Waals surface area contributed by atoms with E-state index >= 15 is 0 Å². The van der Waals surface area contributed by atoms with Crippen LogP contribution in [0.15, 0.2) is 101 Å². The Labute approximate surface area is 542 Å². The van der Waals surface area contributed by atoms with E-state index in [9.17, 15) is 45.6 Å². The molecule has 5 saturated carbocycles. The van der Waals surface area contributed by atoms with Crippen LogP contribution < -0.4 is 20.1 Å². The predicted molar refractivity (Wildman–Crippen MR) is 351 cm³/mol. The number of hydrogen-bond acceptors (Lipinski definition) is 18. The number of ether oxygens (including phenoxy) is 4. The molecule has 21 atom stereocenters. The Kier molecular flexibility index (Phi) is 17.5. The molecule has 0 amide bonds. The predicted octanol–water partition coefficient (Wildman–Crippen LogP) is 10.3. The molecular formula is C73H96N2O14S2. The summed E-state index contributed by atoms with van der Waals surface area (Å²) >= 11 is 0. The second-order valence-electron chi connectivity index (χ2n) is 29.8. The zero-order valence-corrected chi connectivity index (χ0v) is 54.7. The fraction of sp³-hybridized carbons (Fsp3) is 0.658. The molecular weight excluding hydrogens is 1190 g/mol. The molecule has 494 valence electrons. The van der Waals surface area contributed by atoms with Crippen LogP contribution in [0.1, 0.15) is 146 Å². The first-order valence-corrected chi connectivity index (χ1v) is 36.6. The molecule has 10 aliphatic rings. The van der Waals surface area contributed by atoms with Gasteiger partial charge in [-0.2, -0.15) is 0 Å². The first kappa shape index (κ1) is 64.2. The summed E-state index contributed by atoms with van der Waals surface area (Å²) in [7, 11) is 5.50. The molecule has 2 saturated heterocycles. The molecule has 5 bridgehead atoms. The van der Waals surface area contributed by atoms with Gasteiger partial charge in [0.1, 0.15) is 29.7 Å². The minimum Gasteiger partial charge on any atom is -0.508 e. The van der Waals surface area contributed by atoms with Gasteiger partial charge >= 0.3 is 5.97 Å². The van der Waals surface area contributed by atoms with Crippen LogP contribution in [-0.2, 0) is 20.7 Å². The molecule has 91 heavy (non-hydrogen) atoms. The lowest BCUT2D eigenvalue weighted by Gasteiger charge is -2.67.